The van der Waals surface area contributed by atoms with Crippen LogP contribution >= 0.6 is 0 Å². The van der Waals surface area contributed by atoms with E-state index in [-0.39, 0.29) is 24.5 Å². The number of carbonyl (C=O) groups is 1. The summed E-state index contributed by atoms with van der Waals surface area (Å²) in [5, 5.41) is 18.7. The van der Waals surface area contributed by atoms with Gasteiger partial charge in [0, 0.05) is 36.9 Å². The van der Waals surface area contributed by atoms with Gasteiger partial charge in [-0.05, 0) is 38.5 Å². The highest BCUT2D eigenvalue weighted by atomic mass is 16.2. The van der Waals surface area contributed by atoms with Gasteiger partial charge in [-0.3, -0.25) is 9.78 Å². The van der Waals surface area contributed by atoms with Crippen LogP contribution in [0.2, 0.25) is 0 Å². The maximum Gasteiger partial charge on any atom is 0.239 e. The molecule has 2 aromatic heterocycles. The summed E-state index contributed by atoms with van der Waals surface area (Å²) in [6.07, 6.45) is 3.08. The molecule has 1 atom stereocenters. The van der Waals surface area contributed by atoms with Gasteiger partial charge < -0.3 is 26.3 Å². The Hall–Kier alpha value is -3.75. The van der Waals surface area contributed by atoms with Crippen molar-refractivity contribution in [1.82, 2.24) is 20.3 Å². The number of benzene rings is 1. The third-order valence-corrected chi connectivity index (χ3v) is 5.28. The van der Waals surface area contributed by atoms with Crippen LogP contribution in [0.5, 0.6) is 0 Å². The van der Waals surface area contributed by atoms with E-state index in [0.29, 0.717) is 36.2 Å². The minimum atomic E-state index is -0.0918. The Morgan fingerprint density at radius 3 is 2.75 bits per heavy atom. The fourth-order valence-electron chi connectivity index (χ4n) is 3.67. The van der Waals surface area contributed by atoms with Crippen LogP contribution < -0.4 is 20.9 Å². The molecule has 0 radical (unpaired) electrons. The monoisotopic (exact) mass is 432 g/mol. The zero-order valence-electron chi connectivity index (χ0n) is 18.5. The van der Waals surface area contributed by atoms with Crippen molar-refractivity contribution in [3.8, 4) is 0 Å². The topological polar surface area (TPSA) is 119 Å². The molecule has 4 rings (SSSR count). The number of nitrogens with one attached hydrogen (secondary N) is 4. The summed E-state index contributed by atoms with van der Waals surface area (Å²) in [5.74, 6) is 0.957. The molecule has 1 aromatic carbocycles. The van der Waals surface area contributed by atoms with Crippen LogP contribution in [0.3, 0.4) is 0 Å². The Kier molecular flexibility index (Phi) is 6.16. The van der Waals surface area contributed by atoms with Gasteiger partial charge >= 0.3 is 0 Å². The standard InChI is InChI=1S/C23H28N8O/c1-14(2)27-21-19(11-24)29-23(31-9-8-25-20(32)13-31)30-22(21)28-15(3)17-10-16-6-4-5-7-18(16)26-12-17/h4-7,10-12,14-15,24,27H,8-9,13H2,1-3H3,(H,25,32)(H,28,29,30)/t15-/m1/s1. The number of hydrogen-bond acceptors (Lipinski definition) is 8. The molecule has 0 spiro atoms. The number of piperazine rings is 1. The van der Waals surface area contributed by atoms with Crippen LogP contribution in [0, 0.1) is 5.41 Å². The number of carbonyl (C=O) groups excluding carboxylic acids is 1. The molecular weight excluding hydrogens is 404 g/mol. The summed E-state index contributed by atoms with van der Waals surface area (Å²) in [6.45, 7) is 7.44. The Morgan fingerprint density at radius 1 is 1.19 bits per heavy atom. The molecule has 1 aliphatic rings. The average Bonchev–Trinajstić information content (AvgIpc) is 2.79. The lowest BCUT2D eigenvalue weighted by Gasteiger charge is -2.28. The Bertz CT molecular complexity index is 1150. The SMILES string of the molecule is CC(C)Nc1c(C=N)nc(N2CCNC(=O)C2)nc1N[C@H](C)c1cnc2ccccc2c1. The highest BCUT2D eigenvalue weighted by molar-refractivity contribution is 5.89. The summed E-state index contributed by atoms with van der Waals surface area (Å²) >= 11 is 0. The van der Waals surface area contributed by atoms with Crippen LogP contribution in [0.4, 0.5) is 17.5 Å². The molecule has 0 unspecified atom stereocenters. The summed E-state index contributed by atoms with van der Waals surface area (Å²) in [5.41, 5.74) is 3.11. The number of aromatic nitrogens is 3. The highest BCUT2D eigenvalue weighted by Gasteiger charge is 2.23. The van der Waals surface area contributed by atoms with Crippen LogP contribution in [-0.2, 0) is 4.79 Å². The molecular formula is C23H28N8O. The third kappa shape index (κ3) is 4.61. The fraction of sp³-hybridized carbons (Fsp3) is 0.348. The van der Waals surface area contributed by atoms with Gasteiger partial charge in [0.25, 0.3) is 0 Å². The Labute approximate surface area is 187 Å². The predicted octanol–water partition coefficient (Wildman–Crippen LogP) is 2.95. The van der Waals surface area contributed by atoms with E-state index in [9.17, 15) is 4.79 Å². The number of anilines is 3. The maximum absolute atomic E-state index is 11.9. The first kappa shape index (κ1) is 21.5. The molecule has 4 N–H and O–H groups in total. The second-order valence-electron chi connectivity index (χ2n) is 8.17. The van der Waals surface area contributed by atoms with E-state index in [1.54, 1.807) is 0 Å². The molecule has 0 saturated carbocycles. The van der Waals surface area contributed by atoms with Crippen molar-refractivity contribution in [3.63, 3.8) is 0 Å². The lowest BCUT2D eigenvalue weighted by Crippen LogP contribution is -2.48. The van der Waals surface area contributed by atoms with Gasteiger partial charge in [-0.25, -0.2) is 4.98 Å². The molecule has 1 amide bonds. The van der Waals surface area contributed by atoms with E-state index >= 15 is 0 Å². The molecule has 3 aromatic rings. The quantitative estimate of drug-likeness (QED) is 0.424. The molecule has 0 aliphatic carbocycles. The Morgan fingerprint density at radius 2 is 2.00 bits per heavy atom. The van der Waals surface area contributed by atoms with Crippen LogP contribution in [0.15, 0.2) is 36.5 Å². The van der Waals surface area contributed by atoms with Gasteiger partial charge in [-0.1, -0.05) is 18.2 Å². The van der Waals surface area contributed by atoms with Gasteiger partial charge in [0.2, 0.25) is 11.9 Å². The normalized spacial score (nSPS) is 14.9. The van der Waals surface area contributed by atoms with E-state index in [4.69, 9.17) is 10.4 Å². The minimum absolute atomic E-state index is 0.0641. The molecule has 9 heteroatoms. The molecule has 1 fully saturated rings. The first-order valence-corrected chi connectivity index (χ1v) is 10.8. The predicted molar refractivity (Wildman–Crippen MR) is 128 cm³/mol. The first-order chi connectivity index (χ1) is 15.4. The number of nitrogens with zero attached hydrogens (tertiary/aromatic N) is 4. The van der Waals surface area contributed by atoms with Gasteiger partial charge in [0.15, 0.2) is 5.82 Å². The van der Waals surface area contributed by atoms with Gasteiger partial charge in [-0.15, -0.1) is 0 Å². The van der Waals surface area contributed by atoms with E-state index in [0.717, 1.165) is 16.5 Å². The summed E-state index contributed by atoms with van der Waals surface area (Å²) < 4.78 is 0. The van der Waals surface area contributed by atoms with Crippen molar-refractivity contribution >= 4 is 40.5 Å². The molecule has 166 valence electrons. The lowest BCUT2D eigenvalue weighted by atomic mass is 10.1. The average molecular weight is 433 g/mol. The molecule has 1 saturated heterocycles. The van der Waals surface area contributed by atoms with Crippen molar-refractivity contribution < 1.29 is 4.79 Å². The zero-order chi connectivity index (χ0) is 22.7. The number of pyridine rings is 1. The van der Waals surface area contributed by atoms with E-state index < -0.39 is 0 Å². The van der Waals surface area contributed by atoms with Gasteiger partial charge in [0.1, 0.15) is 11.4 Å². The van der Waals surface area contributed by atoms with Crippen LogP contribution in [0.1, 0.15) is 38.1 Å². The lowest BCUT2D eigenvalue weighted by molar-refractivity contribution is -0.120. The summed E-state index contributed by atoms with van der Waals surface area (Å²) in [7, 11) is 0. The number of hydrogen-bond donors (Lipinski definition) is 4. The smallest absolute Gasteiger partial charge is 0.239 e. The van der Waals surface area contributed by atoms with Crippen LogP contribution in [0.25, 0.3) is 10.9 Å². The first-order valence-electron chi connectivity index (χ1n) is 10.8. The van der Waals surface area contributed by atoms with E-state index in [2.05, 4.69) is 32.0 Å². The largest absolute Gasteiger partial charge is 0.378 e. The van der Waals surface area contributed by atoms with Crippen LogP contribution in [-0.4, -0.2) is 52.7 Å². The van der Waals surface area contributed by atoms with Gasteiger partial charge in [-0.2, -0.15) is 4.98 Å². The van der Waals surface area contributed by atoms with E-state index in [1.807, 2.05) is 56.1 Å². The molecule has 0 bridgehead atoms. The number of para-hydroxylation sites is 1. The number of rotatable bonds is 7. The summed E-state index contributed by atoms with van der Waals surface area (Å²) in [4.78, 5) is 27.6. The number of fused-ring (bicyclic) bond motifs is 1. The molecule has 1 aliphatic heterocycles. The van der Waals surface area contributed by atoms with Crippen molar-refractivity contribution in [2.24, 2.45) is 0 Å². The van der Waals surface area contributed by atoms with Gasteiger partial charge in [0.05, 0.1) is 18.1 Å². The van der Waals surface area contributed by atoms with Crippen molar-refractivity contribution in [1.29, 1.82) is 5.41 Å². The second kappa shape index (κ2) is 9.17. The third-order valence-electron chi connectivity index (χ3n) is 5.28. The zero-order valence-corrected chi connectivity index (χ0v) is 18.5. The van der Waals surface area contributed by atoms with Crippen molar-refractivity contribution in [2.45, 2.75) is 32.9 Å². The minimum Gasteiger partial charge on any atom is -0.378 e. The number of amides is 1. The fourth-order valence-corrected chi connectivity index (χ4v) is 3.67. The van der Waals surface area contributed by atoms with Crippen molar-refractivity contribution in [2.75, 3.05) is 35.2 Å². The molecule has 3 heterocycles. The summed E-state index contributed by atoms with van der Waals surface area (Å²) in [6, 6.07) is 10.2. The Balaban J connectivity index is 1.71. The van der Waals surface area contributed by atoms with Crippen molar-refractivity contribution in [3.05, 3.63) is 47.8 Å². The highest BCUT2D eigenvalue weighted by Crippen LogP contribution is 2.30. The molecule has 9 nitrogen and oxygen atoms in total. The maximum atomic E-state index is 11.9. The molecule has 32 heavy (non-hydrogen) atoms. The van der Waals surface area contributed by atoms with E-state index in [1.165, 1.54) is 6.21 Å². The second-order valence-corrected chi connectivity index (χ2v) is 8.17.